The maximum Gasteiger partial charge on any atom is 0.0164 e. The van der Waals surface area contributed by atoms with Crippen molar-refractivity contribution in [1.29, 1.82) is 0 Å². The number of benzene rings is 1. The quantitative estimate of drug-likeness (QED) is 0.555. The highest BCUT2D eigenvalue weighted by Gasteiger charge is 2.11. The first-order valence-electron chi connectivity index (χ1n) is 5.10. The summed E-state index contributed by atoms with van der Waals surface area (Å²) in [6, 6.07) is 8.57. The molecule has 0 nitrogen and oxygen atoms in total. The van der Waals surface area contributed by atoms with Gasteiger partial charge in [0, 0.05) is 11.8 Å². The molecule has 0 aromatic heterocycles. The Morgan fingerprint density at radius 3 is 2.50 bits per heavy atom. The summed E-state index contributed by atoms with van der Waals surface area (Å²) in [6.45, 7) is 0. The molecule has 1 aromatic rings. The zero-order valence-corrected chi connectivity index (χ0v) is 9.76. The first kappa shape index (κ1) is 9.97. The van der Waals surface area contributed by atoms with Crippen LogP contribution >= 0.6 is 15.9 Å². The summed E-state index contributed by atoms with van der Waals surface area (Å²) >= 11 is 3.46. The number of allylic oxidation sites excluding steroid dienone is 1. The van der Waals surface area contributed by atoms with Gasteiger partial charge in [0.05, 0.1) is 0 Å². The highest BCUT2D eigenvalue weighted by atomic mass is 79.9. The van der Waals surface area contributed by atoms with Gasteiger partial charge in [-0.2, -0.15) is 0 Å². The summed E-state index contributed by atoms with van der Waals surface area (Å²) in [5, 5.41) is 1.12. The van der Waals surface area contributed by atoms with Gasteiger partial charge in [0.2, 0.25) is 0 Å². The van der Waals surface area contributed by atoms with Gasteiger partial charge in [0.25, 0.3) is 0 Å². The fourth-order valence-corrected chi connectivity index (χ4v) is 2.18. The van der Waals surface area contributed by atoms with Crippen LogP contribution in [0.15, 0.2) is 29.8 Å². The smallest absolute Gasteiger partial charge is 0.0164 e. The SMILES string of the molecule is BrCCCCC1=Cc2ccccc2[CH]1. The lowest BCUT2D eigenvalue weighted by molar-refractivity contribution is 0.808. The van der Waals surface area contributed by atoms with Gasteiger partial charge in [0.1, 0.15) is 0 Å². The minimum atomic E-state index is 1.12. The van der Waals surface area contributed by atoms with E-state index in [1.807, 2.05) is 0 Å². The second kappa shape index (κ2) is 4.79. The summed E-state index contributed by atoms with van der Waals surface area (Å²) in [6.07, 6.45) is 8.37. The average molecular weight is 250 g/mol. The van der Waals surface area contributed by atoms with Gasteiger partial charge in [-0.1, -0.05) is 51.8 Å². The summed E-state index contributed by atoms with van der Waals surface area (Å²) in [7, 11) is 0. The number of hydrogen-bond donors (Lipinski definition) is 0. The highest BCUT2D eigenvalue weighted by Crippen LogP contribution is 2.29. The Morgan fingerprint density at radius 2 is 1.79 bits per heavy atom. The Morgan fingerprint density at radius 1 is 1.00 bits per heavy atom. The third-order valence-corrected chi connectivity index (χ3v) is 3.09. The van der Waals surface area contributed by atoms with Gasteiger partial charge in [0.15, 0.2) is 0 Å². The van der Waals surface area contributed by atoms with Crippen molar-refractivity contribution in [3.05, 3.63) is 47.4 Å². The minimum absolute atomic E-state index is 1.12. The Labute approximate surface area is 94.2 Å². The predicted octanol–water partition coefficient (Wildman–Crippen LogP) is 4.20. The number of unbranched alkanes of at least 4 members (excludes halogenated alkanes) is 1. The third kappa shape index (κ3) is 2.27. The molecule has 1 aliphatic rings. The third-order valence-electron chi connectivity index (χ3n) is 2.53. The van der Waals surface area contributed by atoms with Gasteiger partial charge >= 0.3 is 0 Å². The number of halogens is 1. The number of hydrogen-bond acceptors (Lipinski definition) is 0. The van der Waals surface area contributed by atoms with Crippen LogP contribution in [0, 0.1) is 6.42 Å². The molecule has 2 rings (SSSR count). The van der Waals surface area contributed by atoms with Crippen LogP contribution in [-0.4, -0.2) is 5.33 Å². The molecule has 0 atom stereocenters. The lowest BCUT2D eigenvalue weighted by atomic mass is 10.1. The number of rotatable bonds is 4. The predicted molar refractivity (Wildman–Crippen MR) is 65.5 cm³/mol. The normalized spacial score (nSPS) is 13.9. The van der Waals surface area contributed by atoms with E-state index in [1.54, 1.807) is 0 Å². The van der Waals surface area contributed by atoms with Crippen molar-refractivity contribution in [2.45, 2.75) is 19.3 Å². The van der Waals surface area contributed by atoms with Gasteiger partial charge in [-0.15, -0.1) is 0 Å². The van der Waals surface area contributed by atoms with Crippen LogP contribution in [0.4, 0.5) is 0 Å². The summed E-state index contributed by atoms with van der Waals surface area (Å²) < 4.78 is 0. The van der Waals surface area contributed by atoms with E-state index in [-0.39, 0.29) is 0 Å². The van der Waals surface area contributed by atoms with Crippen molar-refractivity contribution in [2.24, 2.45) is 0 Å². The number of alkyl halides is 1. The van der Waals surface area contributed by atoms with Gasteiger partial charge in [-0.3, -0.25) is 0 Å². The van der Waals surface area contributed by atoms with Crippen LogP contribution in [0.3, 0.4) is 0 Å². The van der Waals surface area contributed by atoms with E-state index in [2.05, 4.69) is 52.7 Å². The van der Waals surface area contributed by atoms with Gasteiger partial charge in [-0.05, 0) is 30.4 Å². The molecule has 73 valence electrons. The van der Waals surface area contributed by atoms with E-state index in [0.29, 0.717) is 0 Å². The van der Waals surface area contributed by atoms with Crippen molar-refractivity contribution in [3.8, 4) is 0 Å². The van der Waals surface area contributed by atoms with E-state index >= 15 is 0 Å². The maximum atomic E-state index is 3.46. The van der Waals surface area contributed by atoms with E-state index in [1.165, 1.54) is 36.0 Å². The van der Waals surface area contributed by atoms with Crippen molar-refractivity contribution >= 4 is 22.0 Å². The first-order chi connectivity index (χ1) is 6.90. The van der Waals surface area contributed by atoms with Crippen LogP contribution in [0.25, 0.3) is 6.08 Å². The molecule has 0 saturated heterocycles. The lowest BCUT2D eigenvalue weighted by Gasteiger charge is -1.99. The molecule has 0 saturated carbocycles. The Bertz CT molecular complexity index is 339. The van der Waals surface area contributed by atoms with Crippen LogP contribution in [0.2, 0.25) is 0 Å². The summed E-state index contributed by atoms with van der Waals surface area (Å²) in [5.41, 5.74) is 4.23. The monoisotopic (exact) mass is 249 g/mol. The molecule has 14 heavy (non-hydrogen) atoms. The molecule has 0 spiro atoms. The van der Waals surface area contributed by atoms with Gasteiger partial charge < -0.3 is 0 Å². The Hall–Kier alpha value is -0.560. The minimum Gasteiger partial charge on any atom is -0.0928 e. The largest absolute Gasteiger partial charge is 0.0928 e. The van der Waals surface area contributed by atoms with E-state index in [9.17, 15) is 0 Å². The molecule has 0 bridgehead atoms. The fraction of sp³-hybridized carbons (Fsp3) is 0.308. The zero-order valence-electron chi connectivity index (χ0n) is 8.17. The Kier molecular flexibility index (Phi) is 3.41. The molecule has 0 N–H and O–H groups in total. The molecule has 0 amide bonds. The second-order valence-corrected chi connectivity index (χ2v) is 4.43. The molecule has 1 aliphatic carbocycles. The van der Waals surface area contributed by atoms with E-state index in [4.69, 9.17) is 0 Å². The van der Waals surface area contributed by atoms with Crippen molar-refractivity contribution in [1.82, 2.24) is 0 Å². The van der Waals surface area contributed by atoms with Crippen LogP contribution in [0.1, 0.15) is 30.4 Å². The summed E-state index contributed by atoms with van der Waals surface area (Å²) in [4.78, 5) is 0. The molecule has 1 radical (unpaired) electrons. The molecule has 0 fully saturated rings. The average Bonchev–Trinajstić information content (AvgIpc) is 2.60. The molecule has 1 heteroatoms. The summed E-state index contributed by atoms with van der Waals surface area (Å²) in [5.74, 6) is 0. The molecule has 0 unspecified atom stereocenters. The highest BCUT2D eigenvalue weighted by molar-refractivity contribution is 9.09. The fourth-order valence-electron chi connectivity index (χ4n) is 1.78. The molecular formula is C13H14Br. The molecule has 0 heterocycles. The van der Waals surface area contributed by atoms with Crippen LogP contribution in [-0.2, 0) is 0 Å². The van der Waals surface area contributed by atoms with Crippen molar-refractivity contribution in [2.75, 3.05) is 5.33 Å². The molecular weight excluding hydrogens is 236 g/mol. The van der Waals surface area contributed by atoms with Crippen LogP contribution < -0.4 is 0 Å². The van der Waals surface area contributed by atoms with E-state index < -0.39 is 0 Å². The van der Waals surface area contributed by atoms with Gasteiger partial charge in [-0.25, -0.2) is 0 Å². The molecule has 1 aromatic carbocycles. The van der Waals surface area contributed by atoms with E-state index in [0.717, 1.165) is 5.33 Å². The van der Waals surface area contributed by atoms with Crippen LogP contribution in [0.5, 0.6) is 0 Å². The second-order valence-electron chi connectivity index (χ2n) is 3.64. The molecule has 0 aliphatic heterocycles. The van der Waals surface area contributed by atoms with Crippen molar-refractivity contribution in [3.63, 3.8) is 0 Å². The van der Waals surface area contributed by atoms with Crippen molar-refractivity contribution < 1.29 is 0 Å². The topological polar surface area (TPSA) is 0 Å². The first-order valence-corrected chi connectivity index (χ1v) is 6.22. The number of fused-ring (bicyclic) bond motifs is 1. The zero-order chi connectivity index (χ0) is 9.80. The standard InChI is InChI=1S/C13H14Br/c14-8-4-3-5-11-9-12-6-1-2-7-13(12)10-11/h1-2,6-7,9-10H,3-5,8H2. The maximum absolute atomic E-state index is 3.46. The Balaban J connectivity index is 1.95. The lowest BCUT2D eigenvalue weighted by Crippen LogP contribution is -1.83.